The molecule has 0 amide bonds. The van der Waals surface area contributed by atoms with Gasteiger partial charge in [0.2, 0.25) is 0 Å². The third-order valence-electron chi connectivity index (χ3n) is 11.2. The Labute approximate surface area is 191 Å². The third kappa shape index (κ3) is 3.75. The molecule has 0 aromatic carbocycles. The number of halogens is 3. The number of rotatable bonds is 4. The van der Waals surface area contributed by atoms with Crippen LogP contribution in [0.15, 0.2) is 0 Å². The first kappa shape index (κ1) is 24.8. The van der Waals surface area contributed by atoms with E-state index in [1.165, 1.54) is 0 Å². The molecule has 9 atom stereocenters. The molecule has 4 aliphatic rings. The maximum Gasteiger partial charge on any atom is 0.416 e. The first-order valence-corrected chi connectivity index (χ1v) is 12.9. The van der Waals surface area contributed by atoms with E-state index < -0.39 is 17.4 Å². The number of alkyl halides is 3. The molecule has 0 aliphatic heterocycles. The molecule has 4 rings (SSSR count). The molecule has 0 aromatic heterocycles. The second-order valence-corrected chi connectivity index (χ2v) is 13.1. The summed E-state index contributed by atoms with van der Waals surface area (Å²) >= 11 is 0. The van der Waals surface area contributed by atoms with Gasteiger partial charge >= 0.3 is 6.18 Å². The van der Waals surface area contributed by atoms with Crippen molar-refractivity contribution in [2.45, 2.75) is 128 Å². The van der Waals surface area contributed by atoms with Crippen molar-refractivity contribution in [3.63, 3.8) is 0 Å². The van der Waals surface area contributed by atoms with Crippen molar-refractivity contribution < 1.29 is 23.4 Å². The lowest BCUT2D eigenvalue weighted by Crippen LogP contribution is -2.68. The van der Waals surface area contributed by atoms with Crippen LogP contribution in [0.2, 0.25) is 0 Å². The quantitative estimate of drug-likeness (QED) is 0.486. The third-order valence-corrected chi connectivity index (χ3v) is 11.2. The van der Waals surface area contributed by atoms with E-state index in [0.717, 1.165) is 71.1 Å². The molecule has 0 radical (unpaired) electrons. The Morgan fingerprint density at radius 3 is 2.22 bits per heavy atom. The van der Waals surface area contributed by atoms with Crippen molar-refractivity contribution in [3.05, 3.63) is 0 Å². The molecular formula is C26H44F3NO2. The summed E-state index contributed by atoms with van der Waals surface area (Å²) in [5.41, 5.74) is 4.26. The maximum atomic E-state index is 13.1. The van der Waals surface area contributed by atoms with E-state index in [1.807, 2.05) is 6.92 Å². The van der Waals surface area contributed by atoms with E-state index in [2.05, 4.69) is 13.8 Å². The molecule has 4 aliphatic carbocycles. The fraction of sp³-hybridized carbons (Fsp3) is 1.00. The maximum absolute atomic E-state index is 13.1. The molecule has 6 heteroatoms. The predicted molar refractivity (Wildman–Crippen MR) is 120 cm³/mol. The smallest absolute Gasteiger partial charge is 0.390 e. The molecule has 3 nitrogen and oxygen atoms in total. The first-order valence-electron chi connectivity index (χ1n) is 12.9. The minimum atomic E-state index is -4.58. The molecule has 8 unspecified atom stereocenters. The highest BCUT2D eigenvalue weighted by molar-refractivity contribution is 5.18. The Kier molecular flexibility index (Phi) is 5.87. The summed E-state index contributed by atoms with van der Waals surface area (Å²) < 4.78 is 39.2. The summed E-state index contributed by atoms with van der Waals surface area (Å²) in [6, 6.07) is 0. The molecule has 4 saturated carbocycles. The SMILES string of the molecule is CC12CCC3C4(C)CC[C@](C)(O)CC4CCC3(N)C1CCC2CCCC(C)(O)C(F)(F)F. The minimum absolute atomic E-state index is 0.0820. The van der Waals surface area contributed by atoms with Crippen LogP contribution in [0.1, 0.15) is 105 Å². The lowest BCUT2D eigenvalue weighted by molar-refractivity contribution is -0.255. The zero-order valence-electron chi connectivity index (χ0n) is 20.4. The molecule has 0 spiro atoms. The van der Waals surface area contributed by atoms with Crippen molar-refractivity contribution in [2.75, 3.05) is 0 Å². The van der Waals surface area contributed by atoms with Gasteiger partial charge in [-0.3, -0.25) is 0 Å². The van der Waals surface area contributed by atoms with Crippen molar-refractivity contribution in [1.29, 1.82) is 0 Å². The van der Waals surface area contributed by atoms with Gasteiger partial charge in [-0.1, -0.05) is 13.8 Å². The van der Waals surface area contributed by atoms with Crippen LogP contribution in [0, 0.1) is 34.5 Å². The topological polar surface area (TPSA) is 66.5 Å². The Morgan fingerprint density at radius 1 is 0.906 bits per heavy atom. The van der Waals surface area contributed by atoms with Gasteiger partial charge in [-0.15, -0.1) is 0 Å². The fourth-order valence-electron chi connectivity index (χ4n) is 9.06. The molecule has 4 N–H and O–H groups in total. The second kappa shape index (κ2) is 7.58. The first-order chi connectivity index (χ1) is 14.6. The number of hydrogen-bond donors (Lipinski definition) is 3. The summed E-state index contributed by atoms with van der Waals surface area (Å²) in [6.45, 7) is 7.65. The van der Waals surface area contributed by atoms with Gasteiger partial charge in [-0.25, -0.2) is 0 Å². The minimum Gasteiger partial charge on any atom is -0.390 e. The Balaban J connectivity index is 1.47. The zero-order chi connectivity index (χ0) is 23.8. The van der Waals surface area contributed by atoms with Gasteiger partial charge in [0.15, 0.2) is 5.60 Å². The van der Waals surface area contributed by atoms with Gasteiger partial charge in [0.1, 0.15) is 0 Å². The van der Waals surface area contributed by atoms with Gasteiger partial charge in [-0.05, 0) is 125 Å². The van der Waals surface area contributed by atoms with Gasteiger partial charge < -0.3 is 15.9 Å². The van der Waals surface area contributed by atoms with Gasteiger partial charge in [-0.2, -0.15) is 13.2 Å². The van der Waals surface area contributed by atoms with E-state index in [9.17, 15) is 23.4 Å². The Bertz CT molecular complexity index is 722. The van der Waals surface area contributed by atoms with Gasteiger partial charge in [0.25, 0.3) is 0 Å². The average Bonchev–Trinajstić information content (AvgIpc) is 2.99. The largest absolute Gasteiger partial charge is 0.416 e. The molecular weight excluding hydrogens is 415 g/mol. The normalized spacial score (nSPS) is 50.8. The lowest BCUT2D eigenvalue weighted by atomic mass is 9.41. The highest BCUT2D eigenvalue weighted by Gasteiger charge is 2.66. The monoisotopic (exact) mass is 459 g/mol. The number of aliphatic hydroxyl groups is 2. The van der Waals surface area contributed by atoms with Crippen LogP contribution in [0.3, 0.4) is 0 Å². The lowest BCUT2D eigenvalue weighted by Gasteiger charge is -2.66. The standard InChI is InChI=1S/C26H44F3NO2/c1-21(31)14-15-23(3)18(16-21)9-13-25(30)19-8-7-17(22(19,2)12-10-20(23)25)6-5-11-24(4,32)26(27,28)29/h17-20,31-32H,5-16,30H2,1-4H3/t17?,18?,19?,20?,21-,22?,23?,24?,25?/m0/s1. The summed E-state index contributed by atoms with van der Waals surface area (Å²) in [4.78, 5) is 0. The van der Waals surface area contributed by atoms with Crippen LogP contribution in [0.4, 0.5) is 13.2 Å². The van der Waals surface area contributed by atoms with Crippen molar-refractivity contribution in [2.24, 2.45) is 40.2 Å². The van der Waals surface area contributed by atoms with E-state index in [4.69, 9.17) is 5.73 Å². The van der Waals surface area contributed by atoms with Crippen LogP contribution in [-0.4, -0.2) is 33.1 Å². The summed E-state index contributed by atoms with van der Waals surface area (Å²) in [5, 5.41) is 20.5. The van der Waals surface area contributed by atoms with E-state index in [-0.39, 0.29) is 22.8 Å². The van der Waals surface area contributed by atoms with Crippen LogP contribution < -0.4 is 5.73 Å². The van der Waals surface area contributed by atoms with Crippen LogP contribution >= 0.6 is 0 Å². The molecule has 32 heavy (non-hydrogen) atoms. The number of nitrogens with two attached hydrogens (primary N) is 1. The van der Waals surface area contributed by atoms with E-state index >= 15 is 0 Å². The number of hydrogen-bond acceptors (Lipinski definition) is 3. The van der Waals surface area contributed by atoms with Crippen LogP contribution in [0.25, 0.3) is 0 Å². The van der Waals surface area contributed by atoms with Crippen molar-refractivity contribution >= 4 is 0 Å². The highest BCUT2D eigenvalue weighted by atomic mass is 19.4. The molecule has 4 fully saturated rings. The van der Waals surface area contributed by atoms with Crippen LogP contribution in [-0.2, 0) is 0 Å². The number of fused-ring (bicyclic) bond motifs is 5. The summed E-state index contributed by atoms with van der Waals surface area (Å²) in [7, 11) is 0. The Hall–Kier alpha value is -0.330. The average molecular weight is 460 g/mol. The van der Waals surface area contributed by atoms with Gasteiger partial charge in [0, 0.05) is 5.54 Å². The predicted octanol–water partition coefficient (Wildman–Crippen LogP) is 5.96. The van der Waals surface area contributed by atoms with Crippen LogP contribution in [0.5, 0.6) is 0 Å². The zero-order valence-corrected chi connectivity index (χ0v) is 20.4. The summed E-state index contributed by atoms with van der Waals surface area (Å²) in [6.07, 6.45) is 5.46. The Morgan fingerprint density at radius 2 is 1.56 bits per heavy atom. The van der Waals surface area contributed by atoms with E-state index in [1.54, 1.807) is 0 Å². The fourth-order valence-corrected chi connectivity index (χ4v) is 9.06. The van der Waals surface area contributed by atoms with Crippen molar-refractivity contribution in [3.8, 4) is 0 Å². The molecule has 186 valence electrons. The molecule has 0 heterocycles. The highest BCUT2D eigenvalue weighted by Crippen LogP contribution is 2.69. The molecule has 0 aromatic rings. The van der Waals surface area contributed by atoms with Gasteiger partial charge in [0.05, 0.1) is 5.60 Å². The summed E-state index contributed by atoms with van der Waals surface area (Å²) in [5.74, 6) is 1.80. The van der Waals surface area contributed by atoms with E-state index in [0.29, 0.717) is 30.1 Å². The second-order valence-electron chi connectivity index (χ2n) is 13.1. The van der Waals surface area contributed by atoms with Crippen molar-refractivity contribution in [1.82, 2.24) is 0 Å². The molecule has 0 saturated heterocycles. The molecule has 0 bridgehead atoms.